The molecule has 1 aliphatic heterocycles. The molecule has 1 heterocycles. The number of hydrogen-bond donors (Lipinski definition) is 1. The first kappa shape index (κ1) is 13.4. The summed E-state index contributed by atoms with van der Waals surface area (Å²) in [7, 11) is 0. The lowest BCUT2D eigenvalue weighted by atomic mass is 10.1. The van der Waals surface area contributed by atoms with Crippen molar-refractivity contribution in [1.29, 1.82) is 0 Å². The van der Waals surface area contributed by atoms with Gasteiger partial charge in [-0.3, -0.25) is 4.79 Å². The quantitative estimate of drug-likeness (QED) is 0.672. The zero-order chi connectivity index (χ0) is 12.8. The number of carbonyl (C=O) groups is 1. The average molecular weight is 266 g/mol. The number of thiol groups is 1. The van der Waals surface area contributed by atoms with Crippen LogP contribution in [0.4, 0.5) is 0 Å². The minimum Gasteiger partial charge on any atom is -0.463 e. The summed E-state index contributed by atoms with van der Waals surface area (Å²) in [6, 6.07) is 7.52. The van der Waals surface area contributed by atoms with Gasteiger partial charge in [-0.2, -0.15) is 0 Å². The molecule has 1 saturated heterocycles. The van der Waals surface area contributed by atoms with Crippen molar-refractivity contribution >= 4 is 18.6 Å². The van der Waals surface area contributed by atoms with E-state index in [1.54, 1.807) is 0 Å². The van der Waals surface area contributed by atoms with E-state index in [1.807, 2.05) is 24.3 Å². The molecule has 1 aromatic carbocycles. The van der Waals surface area contributed by atoms with E-state index >= 15 is 0 Å². The van der Waals surface area contributed by atoms with Gasteiger partial charge in [0.2, 0.25) is 0 Å². The van der Waals surface area contributed by atoms with Crippen LogP contribution in [0.3, 0.4) is 0 Å². The molecule has 0 amide bonds. The van der Waals surface area contributed by atoms with Crippen LogP contribution in [0.15, 0.2) is 29.2 Å². The van der Waals surface area contributed by atoms with E-state index in [0.29, 0.717) is 13.0 Å². The molecule has 18 heavy (non-hydrogen) atoms. The van der Waals surface area contributed by atoms with Crippen molar-refractivity contribution in [2.45, 2.75) is 36.7 Å². The monoisotopic (exact) mass is 266 g/mol. The third-order valence-corrected chi connectivity index (χ3v) is 3.29. The van der Waals surface area contributed by atoms with Gasteiger partial charge in [-0.15, -0.1) is 12.6 Å². The van der Waals surface area contributed by atoms with Crippen molar-refractivity contribution < 1.29 is 14.3 Å². The molecule has 0 bridgehead atoms. The molecule has 3 nitrogen and oxygen atoms in total. The standard InChI is InChI=1S/C14H18O3S/c15-14(9-11-4-6-13(18)7-5-11)17-10-12-3-1-2-8-16-12/h4-7,12,18H,1-3,8-10H2. The van der Waals surface area contributed by atoms with E-state index < -0.39 is 0 Å². The summed E-state index contributed by atoms with van der Waals surface area (Å²) in [5.74, 6) is -0.198. The minimum atomic E-state index is -0.198. The first-order valence-corrected chi connectivity index (χ1v) is 6.74. The van der Waals surface area contributed by atoms with E-state index in [9.17, 15) is 4.79 Å². The van der Waals surface area contributed by atoms with Gasteiger partial charge in [0, 0.05) is 11.5 Å². The van der Waals surface area contributed by atoms with Gasteiger partial charge in [0.1, 0.15) is 6.61 Å². The maximum Gasteiger partial charge on any atom is 0.310 e. The van der Waals surface area contributed by atoms with Crippen LogP contribution in [0.25, 0.3) is 0 Å². The highest BCUT2D eigenvalue weighted by Gasteiger charge is 2.16. The molecule has 1 atom stereocenters. The van der Waals surface area contributed by atoms with Crippen LogP contribution < -0.4 is 0 Å². The van der Waals surface area contributed by atoms with Gasteiger partial charge in [0.15, 0.2) is 0 Å². The molecule has 1 unspecified atom stereocenters. The lowest BCUT2D eigenvalue weighted by Gasteiger charge is -2.22. The Hall–Kier alpha value is -1.00. The van der Waals surface area contributed by atoms with E-state index in [1.165, 1.54) is 0 Å². The van der Waals surface area contributed by atoms with Gasteiger partial charge >= 0.3 is 5.97 Å². The Balaban J connectivity index is 1.73. The van der Waals surface area contributed by atoms with Crippen molar-refractivity contribution in [3.8, 4) is 0 Å². The summed E-state index contributed by atoms with van der Waals surface area (Å²) in [5.41, 5.74) is 0.947. The van der Waals surface area contributed by atoms with Gasteiger partial charge in [0.05, 0.1) is 12.5 Å². The van der Waals surface area contributed by atoms with Crippen LogP contribution in [0.1, 0.15) is 24.8 Å². The number of rotatable bonds is 4. The van der Waals surface area contributed by atoms with Crippen molar-refractivity contribution in [1.82, 2.24) is 0 Å². The van der Waals surface area contributed by atoms with E-state index in [0.717, 1.165) is 36.3 Å². The molecule has 1 aromatic rings. The topological polar surface area (TPSA) is 35.5 Å². The summed E-state index contributed by atoms with van der Waals surface area (Å²) in [6.45, 7) is 1.16. The molecule has 0 aromatic heterocycles. The average Bonchev–Trinajstić information content (AvgIpc) is 2.40. The second kappa shape index (κ2) is 6.81. The Kier molecular flexibility index (Phi) is 5.08. The molecule has 1 aliphatic rings. The van der Waals surface area contributed by atoms with Crippen LogP contribution in [0.5, 0.6) is 0 Å². The fourth-order valence-electron chi connectivity index (χ4n) is 1.96. The zero-order valence-electron chi connectivity index (χ0n) is 10.3. The normalized spacial score (nSPS) is 19.5. The van der Waals surface area contributed by atoms with Gasteiger partial charge < -0.3 is 9.47 Å². The Morgan fingerprint density at radius 1 is 1.33 bits per heavy atom. The van der Waals surface area contributed by atoms with Crippen LogP contribution >= 0.6 is 12.6 Å². The molecule has 0 radical (unpaired) electrons. The fourth-order valence-corrected chi connectivity index (χ4v) is 2.11. The second-order valence-electron chi connectivity index (χ2n) is 4.51. The third kappa shape index (κ3) is 4.35. The Labute approximate surface area is 113 Å². The van der Waals surface area contributed by atoms with Gasteiger partial charge in [-0.1, -0.05) is 12.1 Å². The number of benzene rings is 1. The Morgan fingerprint density at radius 2 is 2.11 bits per heavy atom. The van der Waals surface area contributed by atoms with Gasteiger partial charge in [-0.05, 0) is 37.0 Å². The lowest BCUT2D eigenvalue weighted by Crippen LogP contribution is -2.26. The van der Waals surface area contributed by atoms with E-state index in [-0.39, 0.29) is 12.1 Å². The van der Waals surface area contributed by atoms with Crippen LogP contribution in [0.2, 0.25) is 0 Å². The summed E-state index contributed by atoms with van der Waals surface area (Å²) in [4.78, 5) is 12.5. The predicted octanol–water partition coefficient (Wildman–Crippen LogP) is 2.63. The number of carbonyl (C=O) groups excluding carboxylic acids is 1. The number of ether oxygens (including phenoxy) is 2. The maximum atomic E-state index is 11.6. The zero-order valence-corrected chi connectivity index (χ0v) is 11.2. The van der Waals surface area contributed by atoms with E-state index in [4.69, 9.17) is 9.47 Å². The largest absolute Gasteiger partial charge is 0.463 e. The summed E-state index contributed by atoms with van der Waals surface area (Å²) >= 11 is 4.20. The Bertz CT molecular complexity index is 383. The van der Waals surface area contributed by atoms with Crippen LogP contribution in [-0.4, -0.2) is 25.3 Å². The van der Waals surface area contributed by atoms with Crippen molar-refractivity contribution in [2.75, 3.05) is 13.2 Å². The second-order valence-corrected chi connectivity index (χ2v) is 5.03. The van der Waals surface area contributed by atoms with Gasteiger partial charge in [0.25, 0.3) is 0 Å². The van der Waals surface area contributed by atoms with Crippen molar-refractivity contribution in [2.24, 2.45) is 0 Å². The fraction of sp³-hybridized carbons (Fsp3) is 0.500. The molecule has 4 heteroatoms. The third-order valence-electron chi connectivity index (χ3n) is 2.99. The van der Waals surface area contributed by atoms with Crippen molar-refractivity contribution in [3.05, 3.63) is 29.8 Å². The van der Waals surface area contributed by atoms with E-state index in [2.05, 4.69) is 12.6 Å². The Morgan fingerprint density at radius 3 is 2.78 bits per heavy atom. The highest BCUT2D eigenvalue weighted by molar-refractivity contribution is 7.80. The SMILES string of the molecule is O=C(Cc1ccc(S)cc1)OCC1CCCCO1. The van der Waals surface area contributed by atoms with Crippen molar-refractivity contribution in [3.63, 3.8) is 0 Å². The first-order valence-electron chi connectivity index (χ1n) is 6.29. The maximum absolute atomic E-state index is 11.6. The molecular weight excluding hydrogens is 248 g/mol. The summed E-state index contributed by atoms with van der Waals surface area (Å²) < 4.78 is 10.7. The highest BCUT2D eigenvalue weighted by Crippen LogP contribution is 2.13. The molecule has 0 spiro atoms. The number of hydrogen-bond acceptors (Lipinski definition) is 4. The molecule has 0 saturated carbocycles. The lowest BCUT2D eigenvalue weighted by molar-refractivity contribution is -0.148. The molecule has 1 fully saturated rings. The van der Waals surface area contributed by atoms with Crippen LogP contribution in [0, 0.1) is 0 Å². The molecule has 0 aliphatic carbocycles. The highest BCUT2D eigenvalue weighted by atomic mass is 32.1. The molecule has 98 valence electrons. The minimum absolute atomic E-state index is 0.0857. The summed E-state index contributed by atoms with van der Waals surface area (Å²) in [5, 5.41) is 0. The summed E-state index contributed by atoms with van der Waals surface area (Å²) in [6.07, 6.45) is 3.65. The van der Waals surface area contributed by atoms with Gasteiger partial charge in [-0.25, -0.2) is 0 Å². The molecule has 0 N–H and O–H groups in total. The molecule has 2 rings (SSSR count). The molecular formula is C14H18O3S. The number of esters is 1. The first-order chi connectivity index (χ1) is 8.74. The van der Waals surface area contributed by atoms with Crippen LogP contribution in [-0.2, 0) is 20.7 Å². The predicted molar refractivity (Wildman–Crippen MR) is 71.9 cm³/mol. The smallest absolute Gasteiger partial charge is 0.310 e.